The summed E-state index contributed by atoms with van der Waals surface area (Å²) >= 11 is 17.6. The van der Waals surface area contributed by atoms with Crippen molar-refractivity contribution in [1.82, 2.24) is 0 Å². The third-order valence-electron chi connectivity index (χ3n) is 2.55. The molecule has 0 saturated heterocycles. The van der Waals surface area contributed by atoms with Gasteiger partial charge in [0.1, 0.15) is 5.82 Å². The smallest absolute Gasteiger partial charge is 0.161 e. The molecule has 0 radical (unpaired) electrons. The first-order valence-corrected chi connectivity index (χ1v) is 6.53. The van der Waals surface area contributed by atoms with Crippen LogP contribution in [0.4, 0.5) is 18.9 Å². The molecule has 20 heavy (non-hydrogen) atoms. The SMILES string of the molecule is Fc1cc(F)c(CNc2c(Cl)cc(Cl)cc2Cl)cc1F. The first-order valence-electron chi connectivity index (χ1n) is 5.40. The Morgan fingerprint density at radius 2 is 1.35 bits per heavy atom. The first-order chi connectivity index (χ1) is 9.38. The second-order valence-electron chi connectivity index (χ2n) is 3.96. The molecule has 0 spiro atoms. The highest BCUT2D eigenvalue weighted by molar-refractivity contribution is 6.41. The van der Waals surface area contributed by atoms with Crippen LogP contribution in [0.1, 0.15) is 5.56 Å². The van der Waals surface area contributed by atoms with Crippen LogP contribution >= 0.6 is 34.8 Å². The minimum Gasteiger partial charge on any atom is -0.378 e. The number of hydrogen-bond acceptors (Lipinski definition) is 1. The van der Waals surface area contributed by atoms with E-state index in [1.54, 1.807) is 0 Å². The van der Waals surface area contributed by atoms with E-state index in [2.05, 4.69) is 5.32 Å². The molecule has 0 aliphatic rings. The molecule has 0 heterocycles. The fourth-order valence-electron chi connectivity index (χ4n) is 1.59. The topological polar surface area (TPSA) is 12.0 Å². The lowest BCUT2D eigenvalue weighted by Gasteiger charge is -2.11. The van der Waals surface area contributed by atoms with Gasteiger partial charge in [-0.2, -0.15) is 0 Å². The van der Waals surface area contributed by atoms with Gasteiger partial charge in [-0.25, -0.2) is 13.2 Å². The lowest BCUT2D eigenvalue weighted by atomic mass is 10.2. The number of hydrogen-bond donors (Lipinski definition) is 1. The van der Waals surface area contributed by atoms with Crippen LogP contribution in [-0.2, 0) is 6.54 Å². The summed E-state index contributed by atoms with van der Waals surface area (Å²) in [6.07, 6.45) is 0. The van der Waals surface area contributed by atoms with E-state index in [1.807, 2.05) is 0 Å². The fraction of sp³-hybridized carbons (Fsp3) is 0.0769. The lowest BCUT2D eigenvalue weighted by molar-refractivity contribution is 0.490. The third-order valence-corrected chi connectivity index (χ3v) is 3.37. The van der Waals surface area contributed by atoms with Gasteiger partial charge in [0, 0.05) is 23.2 Å². The van der Waals surface area contributed by atoms with E-state index >= 15 is 0 Å². The van der Waals surface area contributed by atoms with Crippen molar-refractivity contribution in [3.05, 3.63) is 62.3 Å². The minimum absolute atomic E-state index is 0.0500. The van der Waals surface area contributed by atoms with Gasteiger partial charge in [0.15, 0.2) is 11.6 Å². The molecule has 2 aromatic carbocycles. The largest absolute Gasteiger partial charge is 0.378 e. The highest BCUT2D eigenvalue weighted by atomic mass is 35.5. The van der Waals surface area contributed by atoms with Crippen molar-refractivity contribution in [3.63, 3.8) is 0 Å². The fourth-order valence-corrected chi connectivity index (χ4v) is 2.54. The maximum absolute atomic E-state index is 13.5. The summed E-state index contributed by atoms with van der Waals surface area (Å²) in [5, 5.41) is 3.59. The highest BCUT2D eigenvalue weighted by Crippen LogP contribution is 2.34. The highest BCUT2D eigenvalue weighted by Gasteiger charge is 2.12. The van der Waals surface area contributed by atoms with Gasteiger partial charge in [0.25, 0.3) is 0 Å². The van der Waals surface area contributed by atoms with Gasteiger partial charge in [-0.1, -0.05) is 34.8 Å². The van der Waals surface area contributed by atoms with Crippen LogP contribution < -0.4 is 5.32 Å². The Morgan fingerprint density at radius 1 is 0.800 bits per heavy atom. The van der Waals surface area contributed by atoms with Crippen molar-refractivity contribution in [1.29, 1.82) is 0 Å². The van der Waals surface area contributed by atoms with Gasteiger partial charge in [0.05, 0.1) is 15.7 Å². The van der Waals surface area contributed by atoms with Gasteiger partial charge >= 0.3 is 0 Å². The van der Waals surface area contributed by atoms with Crippen LogP contribution in [0.5, 0.6) is 0 Å². The van der Waals surface area contributed by atoms with E-state index in [4.69, 9.17) is 34.8 Å². The van der Waals surface area contributed by atoms with Crippen molar-refractivity contribution < 1.29 is 13.2 Å². The molecule has 1 N–H and O–H groups in total. The summed E-state index contributed by atoms with van der Waals surface area (Å²) < 4.78 is 39.3. The van der Waals surface area contributed by atoms with Crippen LogP contribution in [0.2, 0.25) is 15.1 Å². The first kappa shape index (κ1) is 15.3. The molecule has 7 heteroatoms. The molecular formula is C13H7Cl3F3N. The average molecular weight is 341 g/mol. The van der Waals surface area contributed by atoms with E-state index in [-0.39, 0.29) is 22.2 Å². The van der Waals surface area contributed by atoms with E-state index < -0.39 is 17.5 Å². The van der Waals surface area contributed by atoms with Crippen LogP contribution in [0.15, 0.2) is 24.3 Å². The summed E-state index contributed by atoms with van der Waals surface area (Å²) in [7, 11) is 0. The molecule has 0 aromatic heterocycles. The molecule has 0 saturated carbocycles. The Labute approximate surface area is 128 Å². The predicted octanol–water partition coefficient (Wildman–Crippen LogP) is 5.68. The van der Waals surface area contributed by atoms with E-state index in [9.17, 15) is 13.2 Å². The van der Waals surface area contributed by atoms with Gasteiger partial charge in [-0.05, 0) is 18.2 Å². The standard InChI is InChI=1S/C13H7Cl3F3N/c14-7-2-8(15)13(9(16)3-7)20-5-6-1-11(18)12(19)4-10(6)17/h1-4,20H,5H2. The number of nitrogens with one attached hydrogen (secondary N) is 1. The van der Waals surface area contributed by atoms with Gasteiger partial charge in [-0.3, -0.25) is 0 Å². The average Bonchev–Trinajstić information content (AvgIpc) is 2.33. The van der Waals surface area contributed by atoms with Crippen molar-refractivity contribution in [2.24, 2.45) is 0 Å². The summed E-state index contributed by atoms with van der Waals surface area (Å²) in [6, 6.07) is 4.17. The van der Waals surface area contributed by atoms with E-state index in [1.165, 1.54) is 12.1 Å². The number of anilines is 1. The van der Waals surface area contributed by atoms with Crippen molar-refractivity contribution in [3.8, 4) is 0 Å². The third kappa shape index (κ3) is 3.32. The monoisotopic (exact) mass is 339 g/mol. The zero-order chi connectivity index (χ0) is 14.9. The van der Waals surface area contributed by atoms with Gasteiger partial charge in [-0.15, -0.1) is 0 Å². The summed E-state index contributed by atoms with van der Waals surface area (Å²) in [5.74, 6) is -3.23. The van der Waals surface area contributed by atoms with Crippen LogP contribution in [0, 0.1) is 17.5 Å². The van der Waals surface area contributed by atoms with Crippen LogP contribution in [0.25, 0.3) is 0 Å². The van der Waals surface area contributed by atoms with Crippen molar-refractivity contribution in [2.75, 3.05) is 5.32 Å². The Bertz CT molecular complexity index is 639. The van der Waals surface area contributed by atoms with Crippen LogP contribution in [0.3, 0.4) is 0 Å². The molecule has 0 aliphatic carbocycles. The number of rotatable bonds is 3. The molecule has 1 nitrogen and oxygen atoms in total. The molecule has 2 rings (SSSR count). The Balaban J connectivity index is 2.23. The maximum Gasteiger partial charge on any atom is 0.161 e. The molecule has 0 unspecified atom stereocenters. The summed E-state index contributed by atoms with van der Waals surface area (Å²) in [4.78, 5) is 0. The minimum atomic E-state index is -1.24. The summed E-state index contributed by atoms with van der Waals surface area (Å²) in [5.41, 5.74) is 0.285. The van der Waals surface area contributed by atoms with Crippen molar-refractivity contribution in [2.45, 2.75) is 6.54 Å². The summed E-state index contributed by atoms with van der Waals surface area (Å²) in [6.45, 7) is -0.107. The van der Waals surface area contributed by atoms with Gasteiger partial charge in [0.2, 0.25) is 0 Å². The molecule has 0 fully saturated rings. The number of benzene rings is 2. The quantitative estimate of drug-likeness (QED) is 0.709. The zero-order valence-corrected chi connectivity index (χ0v) is 12.1. The lowest BCUT2D eigenvalue weighted by Crippen LogP contribution is -2.04. The second-order valence-corrected chi connectivity index (χ2v) is 5.21. The second kappa shape index (κ2) is 6.12. The normalized spacial score (nSPS) is 10.7. The van der Waals surface area contributed by atoms with Crippen LogP contribution in [-0.4, -0.2) is 0 Å². The van der Waals surface area contributed by atoms with Gasteiger partial charge < -0.3 is 5.32 Å². The molecule has 2 aromatic rings. The Morgan fingerprint density at radius 3 is 1.95 bits per heavy atom. The predicted molar refractivity (Wildman–Crippen MR) is 75.1 cm³/mol. The molecule has 0 aliphatic heterocycles. The Kier molecular flexibility index (Phi) is 4.68. The van der Waals surface area contributed by atoms with E-state index in [0.29, 0.717) is 16.8 Å². The molecule has 0 amide bonds. The molecule has 0 atom stereocenters. The Hall–Kier alpha value is -1.10. The van der Waals surface area contributed by atoms with E-state index in [0.717, 1.165) is 6.07 Å². The molecular weight excluding hydrogens is 334 g/mol. The number of halogens is 6. The molecule has 0 bridgehead atoms. The van der Waals surface area contributed by atoms with Crippen molar-refractivity contribution >= 4 is 40.5 Å². The molecule has 106 valence electrons. The maximum atomic E-state index is 13.5. The zero-order valence-electron chi connectivity index (χ0n) is 9.78.